The molecule has 0 spiro atoms. The fraction of sp³-hybridized carbons (Fsp3) is 0. The Bertz CT molecular complexity index is 1380. The summed E-state index contributed by atoms with van der Waals surface area (Å²) >= 11 is 12.5. The molecule has 0 unspecified atom stereocenters. The molecule has 0 atom stereocenters. The summed E-state index contributed by atoms with van der Waals surface area (Å²) in [5.74, 6) is -2.89. The molecule has 0 bridgehead atoms. The van der Waals surface area contributed by atoms with Crippen LogP contribution < -0.4 is 15.4 Å². The number of hydrogen-bond acceptors (Lipinski definition) is 4. The van der Waals surface area contributed by atoms with Crippen molar-refractivity contribution >= 4 is 51.6 Å². The van der Waals surface area contributed by atoms with E-state index in [0.29, 0.717) is 10.8 Å². The molecule has 3 amide bonds. The highest BCUT2D eigenvalue weighted by atomic mass is 35.5. The number of hydrogen-bond donors (Lipinski definition) is 2. The summed E-state index contributed by atoms with van der Waals surface area (Å²) in [5, 5.41) is 6.33. The molecule has 0 aliphatic rings. The number of halogens is 4. The van der Waals surface area contributed by atoms with Crippen LogP contribution in [0, 0.1) is 11.6 Å². The van der Waals surface area contributed by atoms with E-state index in [-0.39, 0.29) is 16.6 Å². The molecule has 1 heterocycles. The van der Waals surface area contributed by atoms with Gasteiger partial charge in [-0.05, 0) is 30.3 Å². The number of benzene rings is 3. The topological polar surface area (TPSA) is 80.3 Å². The van der Waals surface area contributed by atoms with Crippen molar-refractivity contribution in [2.45, 2.75) is 0 Å². The number of urea groups is 1. The second-order valence-electron chi connectivity index (χ2n) is 6.71. The van der Waals surface area contributed by atoms with Gasteiger partial charge in [0.25, 0.3) is 5.91 Å². The zero-order valence-corrected chi connectivity index (χ0v) is 18.0. The van der Waals surface area contributed by atoms with Crippen LogP contribution in [0.5, 0.6) is 11.6 Å². The van der Waals surface area contributed by atoms with E-state index in [1.807, 2.05) is 29.6 Å². The van der Waals surface area contributed by atoms with Gasteiger partial charge in [-0.15, -0.1) is 0 Å². The van der Waals surface area contributed by atoms with Crippen molar-refractivity contribution in [3.63, 3.8) is 0 Å². The first-order valence-corrected chi connectivity index (χ1v) is 10.2. The first-order chi connectivity index (χ1) is 15.8. The third-order valence-corrected chi connectivity index (χ3v) is 5.12. The lowest BCUT2D eigenvalue weighted by Crippen LogP contribution is -2.35. The number of nitrogens with zero attached hydrogens (tertiary/aromatic N) is 1. The Morgan fingerprint density at radius 2 is 1.58 bits per heavy atom. The summed E-state index contributed by atoms with van der Waals surface area (Å²) in [7, 11) is 0. The smallest absolute Gasteiger partial charge is 0.326 e. The molecule has 166 valence electrons. The molecule has 0 aliphatic heterocycles. The van der Waals surface area contributed by atoms with E-state index in [4.69, 9.17) is 27.9 Å². The number of nitrogens with one attached hydrogen (secondary N) is 2. The largest absolute Gasteiger partial charge is 0.437 e. The van der Waals surface area contributed by atoms with Crippen molar-refractivity contribution in [1.29, 1.82) is 0 Å². The van der Waals surface area contributed by atoms with Gasteiger partial charge in [0.15, 0.2) is 0 Å². The standard InChI is InChI=1S/C23H13Cl2F2N3O3/c24-15-8-9-19(14-5-2-1-4-13(14)15)33-22-16(25)10-12(11-28-22)29-23(32)30-21(31)20-17(26)6-3-7-18(20)27/h1-11H,(H2,29,30,31,32). The molecule has 0 saturated heterocycles. The van der Waals surface area contributed by atoms with Crippen LogP contribution in [0.4, 0.5) is 19.3 Å². The average Bonchev–Trinajstić information content (AvgIpc) is 2.77. The zero-order valence-electron chi connectivity index (χ0n) is 16.5. The maximum atomic E-state index is 13.7. The Kier molecular flexibility index (Phi) is 6.39. The van der Waals surface area contributed by atoms with Gasteiger partial charge in [-0.3, -0.25) is 10.1 Å². The second-order valence-corrected chi connectivity index (χ2v) is 7.52. The summed E-state index contributed by atoms with van der Waals surface area (Å²) in [6, 6.07) is 13.9. The zero-order chi connectivity index (χ0) is 23.5. The third-order valence-electron chi connectivity index (χ3n) is 4.52. The lowest BCUT2D eigenvalue weighted by Gasteiger charge is -2.12. The van der Waals surface area contributed by atoms with Crippen LogP contribution in [0.3, 0.4) is 0 Å². The van der Waals surface area contributed by atoms with Crippen molar-refractivity contribution < 1.29 is 23.1 Å². The number of fused-ring (bicyclic) bond motifs is 1. The maximum Gasteiger partial charge on any atom is 0.326 e. The minimum atomic E-state index is -1.24. The molecular weight excluding hydrogens is 475 g/mol. The molecular formula is C23H13Cl2F2N3O3. The number of imide groups is 1. The Balaban J connectivity index is 1.48. The van der Waals surface area contributed by atoms with Crippen LogP contribution in [-0.4, -0.2) is 16.9 Å². The number of ether oxygens (including phenoxy) is 1. The quantitative estimate of drug-likeness (QED) is 0.340. The normalized spacial score (nSPS) is 10.7. The molecule has 0 aliphatic carbocycles. The molecule has 0 radical (unpaired) electrons. The van der Waals surface area contributed by atoms with Gasteiger partial charge >= 0.3 is 6.03 Å². The average molecular weight is 488 g/mol. The van der Waals surface area contributed by atoms with E-state index in [0.717, 1.165) is 29.0 Å². The van der Waals surface area contributed by atoms with Crippen molar-refractivity contribution in [2.75, 3.05) is 5.32 Å². The summed E-state index contributed by atoms with van der Waals surface area (Å²) in [4.78, 5) is 28.2. The molecule has 6 nitrogen and oxygen atoms in total. The van der Waals surface area contributed by atoms with E-state index in [1.54, 1.807) is 12.1 Å². The second kappa shape index (κ2) is 9.40. The lowest BCUT2D eigenvalue weighted by molar-refractivity contribution is 0.0959. The van der Waals surface area contributed by atoms with Crippen molar-refractivity contribution in [3.8, 4) is 11.6 Å². The van der Waals surface area contributed by atoms with E-state index < -0.39 is 29.1 Å². The minimum Gasteiger partial charge on any atom is -0.437 e. The molecule has 4 aromatic rings. The van der Waals surface area contributed by atoms with Crippen LogP contribution >= 0.6 is 23.2 Å². The monoisotopic (exact) mass is 487 g/mol. The summed E-state index contributed by atoms with van der Waals surface area (Å²) in [6.45, 7) is 0. The third kappa shape index (κ3) is 4.87. The predicted molar refractivity (Wildman–Crippen MR) is 121 cm³/mol. The number of rotatable bonds is 4. The van der Waals surface area contributed by atoms with Crippen LogP contribution in [0.25, 0.3) is 10.8 Å². The highest BCUT2D eigenvalue weighted by Gasteiger charge is 2.19. The first kappa shape index (κ1) is 22.4. The van der Waals surface area contributed by atoms with Crippen LogP contribution in [0.15, 0.2) is 66.9 Å². The van der Waals surface area contributed by atoms with E-state index in [2.05, 4.69) is 10.3 Å². The van der Waals surface area contributed by atoms with Gasteiger partial charge in [0.1, 0.15) is 28.0 Å². The number of anilines is 1. The lowest BCUT2D eigenvalue weighted by atomic mass is 10.1. The Morgan fingerprint density at radius 3 is 2.27 bits per heavy atom. The summed E-state index contributed by atoms with van der Waals surface area (Å²) in [6.07, 6.45) is 1.24. The van der Waals surface area contributed by atoms with Crippen molar-refractivity contribution in [3.05, 3.63) is 94.1 Å². The number of pyridine rings is 1. The molecule has 1 aromatic heterocycles. The fourth-order valence-electron chi connectivity index (χ4n) is 3.04. The van der Waals surface area contributed by atoms with Gasteiger partial charge in [-0.1, -0.05) is 53.5 Å². The molecule has 2 N–H and O–H groups in total. The van der Waals surface area contributed by atoms with Gasteiger partial charge in [0.2, 0.25) is 5.88 Å². The van der Waals surface area contributed by atoms with Crippen LogP contribution in [0.1, 0.15) is 10.4 Å². The summed E-state index contributed by atoms with van der Waals surface area (Å²) in [5.41, 5.74) is -0.754. The highest BCUT2D eigenvalue weighted by Crippen LogP contribution is 2.36. The van der Waals surface area contributed by atoms with Gasteiger partial charge in [-0.25, -0.2) is 18.6 Å². The number of amides is 3. The molecule has 33 heavy (non-hydrogen) atoms. The molecule has 4 rings (SSSR count). The number of carbonyl (C=O) groups is 2. The Hall–Kier alpha value is -3.75. The van der Waals surface area contributed by atoms with Crippen molar-refractivity contribution in [2.24, 2.45) is 0 Å². The molecule has 0 fully saturated rings. The minimum absolute atomic E-state index is 0.0679. The first-order valence-electron chi connectivity index (χ1n) is 9.40. The number of aromatic nitrogens is 1. The molecule has 10 heteroatoms. The summed E-state index contributed by atoms with van der Waals surface area (Å²) < 4.78 is 33.2. The molecule has 0 saturated carbocycles. The fourth-order valence-corrected chi connectivity index (χ4v) is 3.47. The molecule has 3 aromatic carbocycles. The van der Waals surface area contributed by atoms with Gasteiger partial charge < -0.3 is 10.1 Å². The maximum absolute atomic E-state index is 13.7. The van der Waals surface area contributed by atoms with Crippen LogP contribution in [0.2, 0.25) is 10.0 Å². The van der Waals surface area contributed by atoms with Gasteiger partial charge in [0, 0.05) is 15.8 Å². The van der Waals surface area contributed by atoms with E-state index in [9.17, 15) is 18.4 Å². The Morgan fingerprint density at radius 1 is 0.879 bits per heavy atom. The predicted octanol–water partition coefficient (Wildman–Crippen LogP) is 6.57. The highest BCUT2D eigenvalue weighted by molar-refractivity contribution is 6.35. The van der Waals surface area contributed by atoms with Gasteiger partial charge in [0.05, 0.1) is 11.9 Å². The van der Waals surface area contributed by atoms with E-state index >= 15 is 0 Å². The van der Waals surface area contributed by atoms with E-state index in [1.165, 1.54) is 12.3 Å². The number of carbonyl (C=O) groups excluding carboxylic acids is 2. The SMILES string of the molecule is O=C(NC(=O)c1c(F)cccc1F)Nc1cnc(Oc2ccc(Cl)c3ccccc23)c(Cl)c1. The van der Waals surface area contributed by atoms with Gasteiger partial charge in [-0.2, -0.15) is 0 Å². The van der Waals surface area contributed by atoms with Crippen molar-refractivity contribution in [1.82, 2.24) is 10.3 Å². The Labute approximate surface area is 196 Å². The van der Waals surface area contributed by atoms with Crippen LogP contribution in [-0.2, 0) is 0 Å².